The lowest BCUT2D eigenvalue weighted by atomic mass is 9.94. The Bertz CT molecular complexity index is 1110. The van der Waals surface area contributed by atoms with E-state index in [1.807, 2.05) is 60.7 Å². The number of hydrogen-bond donors (Lipinski definition) is 1. The zero-order valence-corrected chi connectivity index (χ0v) is 21.5. The number of rotatable bonds is 11. The van der Waals surface area contributed by atoms with Crippen LogP contribution in [0, 0.1) is 0 Å². The molecule has 1 aliphatic carbocycles. The molecule has 0 aromatic heterocycles. The Morgan fingerprint density at radius 2 is 1.43 bits per heavy atom. The van der Waals surface area contributed by atoms with Crippen molar-refractivity contribution >= 4 is 11.8 Å². The van der Waals surface area contributed by atoms with E-state index >= 15 is 0 Å². The largest absolute Gasteiger partial charge is 0.497 e. The lowest BCUT2D eigenvalue weighted by molar-refractivity contribution is -0.143. The van der Waals surface area contributed by atoms with Crippen LogP contribution in [0.15, 0.2) is 84.9 Å². The summed E-state index contributed by atoms with van der Waals surface area (Å²) in [6, 6.07) is 26.3. The molecule has 0 radical (unpaired) electrons. The van der Waals surface area contributed by atoms with E-state index in [0.717, 1.165) is 36.8 Å². The number of hydrogen-bond acceptors (Lipinski definition) is 4. The molecular weight excluding hydrogens is 464 g/mol. The summed E-state index contributed by atoms with van der Waals surface area (Å²) in [4.78, 5) is 29.1. The third-order valence-electron chi connectivity index (χ3n) is 6.84. The Balaban J connectivity index is 1.57. The summed E-state index contributed by atoms with van der Waals surface area (Å²) in [6.45, 7) is 0.155. The van der Waals surface area contributed by atoms with Crippen LogP contribution >= 0.6 is 0 Å². The normalized spacial score (nSPS) is 14.4. The number of ether oxygens (including phenoxy) is 2. The van der Waals surface area contributed by atoms with Gasteiger partial charge in [-0.05, 0) is 48.2 Å². The first-order valence-corrected chi connectivity index (χ1v) is 13.1. The topological polar surface area (TPSA) is 67.9 Å². The second kappa shape index (κ2) is 13.5. The van der Waals surface area contributed by atoms with Gasteiger partial charge >= 0.3 is 0 Å². The maximum absolute atomic E-state index is 13.7. The first kappa shape index (κ1) is 26.3. The molecule has 3 aromatic carbocycles. The fraction of sp³-hybridized carbons (Fsp3) is 0.355. The van der Waals surface area contributed by atoms with E-state index in [1.54, 1.807) is 36.3 Å². The van der Waals surface area contributed by atoms with Gasteiger partial charge in [-0.15, -0.1) is 0 Å². The van der Waals surface area contributed by atoms with Gasteiger partial charge in [0.1, 0.15) is 17.5 Å². The van der Waals surface area contributed by atoms with Gasteiger partial charge in [-0.25, -0.2) is 0 Å². The maximum atomic E-state index is 13.7. The monoisotopic (exact) mass is 500 g/mol. The van der Waals surface area contributed by atoms with E-state index in [1.165, 1.54) is 6.42 Å². The number of carbonyl (C=O) groups excluding carboxylic acids is 2. The maximum Gasteiger partial charge on any atom is 0.261 e. The lowest BCUT2D eigenvalue weighted by Gasteiger charge is -2.33. The molecule has 6 nitrogen and oxygen atoms in total. The molecule has 1 saturated carbocycles. The van der Waals surface area contributed by atoms with Crippen LogP contribution in [-0.4, -0.2) is 42.5 Å². The minimum Gasteiger partial charge on any atom is -0.497 e. The molecule has 0 unspecified atom stereocenters. The Kier molecular flexibility index (Phi) is 9.58. The first-order chi connectivity index (χ1) is 18.1. The molecule has 0 heterocycles. The van der Waals surface area contributed by atoms with Crippen LogP contribution in [0.1, 0.15) is 43.2 Å². The first-order valence-electron chi connectivity index (χ1n) is 13.1. The average Bonchev–Trinajstić information content (AvgIpc) is 2.95. The Morgan fingerprint density at radius 3 is 2.05 bits per heavy atom. The number of nitrogens with one attached hydrogen (secondary N) is 1. The SMILES string of the molecule is COc1ccc(OCC(=O)N(Cc2ccccc2)[C@H](Cc2ccccc2)C(=O)NC2CCCCC2)cc1. The summed E-state index contributed by atoms with van der Waals surface area (Å²) < 4.78 is 11.0. The zero-order valence-electron chi connectivity index (χ0n) is 21.5. The molecule has 1 fully saturated rings. The van der Waals surface area contributed by atoms with Gasteiger partial charge in [-0.2, -0.15) is 0 Å². The van der Waals surface area contributed by atoms with E-state index in [0.29, 0.717) is 24.5 Å². The second-order valence-electron chi connectivity index (χ2n) is 9.52. The third kappa shape index (κ3) is 7.84. The molecule has 1 aliphatic rings. The van der Waals surface area contributed by atoms with Crippen molar-refractivity contribution in [2.75, 3.05) is 13.7 Å². The smallest absolute Gasteiger partial charge is 0.261 e. The predicted molar refractivity (Wildman–Crippen MR) is 144 cm³/mol. The molecule has 0 bridgehead atoms. The zero-order chi connectivity index (χ0) is 25.9. The third-order valence-corrected chi connectivity index (χ3v) is 6.84. The van der Waals surface area contributed by atoms with Crippen molar-refractivity contribution in [3.05, 3.63) is 96.1 Å². The molecule has 37 heavy (non-hydrogen) atoms. The summed E-state index contributed by atoms with van der Waals surface area (Å²) >= 11 is 0. The summed E-state index contributed by atoms with van der Waals surface area (Å²) in [6.07, 6.45) is 5.85. The molecular formula is C31H36N2O4. The van der Waals surface area contributed by atoms with Crippen LogP contribution in [0.5, 0.6) is 11.5 Å². The van der Waals surface area contributed by atoms with Crippen molar-refractivity contribution in [1.29, 1.82) is 0 Å². The van der Waals surface area contributed by atoms with Crippen molar-refractivity contribution < 1.29 is 19.1 Å². The highest BCUT2D eigenvalue weighted by atomic mass is 16.5. The van der Waals surface area contributed by atoms with Crippen LogP contribution in [0.25, 0.3) is 0 Å². The van der Waals surface area contributed by atoms with E-state index < -0.39 is 6.04 Å². The summed E-state index contributed by atoms with van der Waals surface area (Å²) in [5.41, 5.74) is 1.97. The van der Waals surface area contributed by atoms with Gasteiger partial charge in [0, 0.05) is 19.0 Å². The molecule has 194 valence electrons. The second-order valence-corrected chi connectivity index (χ2v) is 9.52. The Morgan fingerprint density at radius 1 is 0.838 bits per heavy atom. The highest BCUT2D eigenvalue weighted by molar-refractivity contribution is 5.88. The van der Waals surface area contributed by atoms with Crippen molar-refractivity contribution in [3.63, 3.8) is 0 Å². The van der Waals surface area contributed by atoms with Crippen molar-refractivity contribution in [1.82, 2.24) is 10.2 Å². The van der Waals surface area contributed by atoms with Crippen molar-refractivity contribution in [3.8, 4) is 11.5 Å². The molecule has 4 rings (SSSR count). The highest BCUT2D eigenvalue weighted by Gasteiger charge is 2.32. The van der Waals surface area contributed by atoms with Crippen LogP contribution in [-0.2, 0) is 22.6 Å². The van der Waals surface area contributed by atoms with Gasteiger partial charge in [0.15, 0.2) is 6.61 Å². The van der Waals surface area contributed by atoms with Gasteiger partial charge < -0.3 is 19.7 Å². The summed E-state index contributed by atoms with van der Waals surface area (Å²) in [7, 11) is 1.60. The highest BCUT2D eigenvalue weighted by Crippen LogP contribution is 2.21. The molecule has 1 N–H and O–H groups in total. The summed E-state index contributed by atoms with van der Waals surface area (Å²) in [5.74, 6) is 0.940. The van der Waals surface area contributed by atoms with Gasteiger partial charge in [0.25, 0.3) is 5.91 Å². The quantitative estimate of drug-likeness (QED) is 0.395. The van der Waals surface area contributed by atoms with Gasteiger partial charge in [-0.1, -0.05) is 79.9 Å². The Labute approximate surface area is 219 Å². The molecule has 0 saturated heterocycles. The minimum atomic E-state index is -0.656. The Hall–Kier alpha value is -3.80. The van der Waals surface area contributed by atoms with Gasteiger partial charge in [-0.3, -0.25) is 9.59 Å². The van der Waals surface area contributed by atoms with E-state index in [9.17, 15) is 9.59 Å². The lowest BCUT2D eigenvalue weighted by Crippen LogP contribution is -2.53. The van der Waals surface area contributed by atoms with Crippen LogP contribution in [0.3, 0.4) is 0 Å². The summed E-state index contributed by atoms with van der Waals surface area (Å²) in [5, 5.41) is 3.26. The van der Waals surface area contributed by atoms with E-state index in [4.69, 9.17) is 9.47 Å². The molecule has 2 amide bonds. The number of amides is 2. The predicted octanol–water partition coefficient (Wildman–Crippen LogP) is 5.16. The molecule has 6 heteroatoms. The van der Waals surface area contributed by atoms with E-state index in [2.05, 4.69) is 5.32 Å². The van der Waals surface area contributed by atoms with Gasteiger partial charge in [0.05, 0.1) is 7.11 Å². The fourth-order valence-electron chi connectivity index (χ4n) is 4.78. The van der Waals surface area contributed by atoms with Gasteiger partial charge in [0.2, 0.25) is 5.91 Å². The fourth-order valence-corrected chi connectivity index (χ4v) is 4.78. The number of methoxy groups -OCH3 is 1. The molecule has 0 aliphatic heterocycles. The van der Waals surface area contributed by atoms with Crippen LogP contribution in [0.2, 0.25) is 0 Å². The minimum absolute atomic E-state index is 0.107. The molecule has 1 atom stereocenters. The standard InChI is InChI=1S/C31H36N2O4/c1-36-27-17-19-28(20-18-27)37-23-30(34)33(22-25-13-7-3-8-14-25)29(21-24-11-5-2-6-12-24)31(35)32-26-15-9-4-10-16-26/h2-3,5-8,11-14,17-20,26,29H,4,9-10,15-16,21-23H2,1H3,(H,32,35)/t29-/m1/s1. The van der Waals surface area contributed by atoms with Crippen LogP contribution in [0.4, 0.5) is 0 Å². The van der Waals surface area contributed by atoms with E-state index in [-0.39, 0.29) is 24.5 Å². The average molecular weight is 501 g/mol. The van der Waals surface area contributed by atoms with Crippen molar-refractivity contribution in [2.45, 2.75) is 57.2 Å². The number of carbonyl (C=O) groups is 2. The number of nitrogens with zero attached hydrogens (tertiary/aromatic N) is 1. The molecule has 0 spiro atoms. The van der Waals surface area contributed by atoms with Crippen LogP contribution < -0.4 is 14.8 Å². The van der Waals surface area contributed by atoms with Crippen molar-refractivity contribution in [2.24, 2.45) is 0 Å². The number of benzene rings is 3. The molecule has 3 aromatic rings.